The van der Waals surface area contributed by atoms with Crippen LogP contribution in [-0.4, -0.2) is 22.6 Å². The Kier molecular flexibility index (Phi) is 6.04. The van der Waals surface area contributed by atoms with Crippen molar-refractivity contribution in [2.45, 2.75) is 6.42 Å². The molecule has 2 aromatic heterocycles. The van der Waals surface area contributed by atoms with Crippen LogP contribution in [0.2, 0.25) is 0 Å². The first-order valence-corrected chi connectivity index (χ1v) is 19.6. The van der Waals surface area contributed by atoms with Gasteiger partial charge in [0.25, 0.3) is 0 Å². The summed E-state index contributed by atoms with van der Waals surface area (Å²) >= 11 is 0. The quantitative estimate of drug-likeness (QED) is 0.178. The molecule has 0 radical (unpaired) electrons. The normalized spacial score (nSPS) is 13.6. The monoisotopic (exact) mass is 665 g/mol. The first kappa shape index (κ1) is 28.5. The summed E-state index contributed by atoms with van der Waals surface area (Å²) in [6, 6.07) is 62.5. The summed E-state index contributed by atoms with van der Waals surface area (Å²) in [6.07, 6.45) is 2.93. The van der Waals surface area contributed by atoms with Gasteiger partial charge in [-0.3, -0.25) is 4.57 Å². The number of benzene rings is 7. The number of hydrogen-bond acceptors (Lipinski definition) is 2. The molecular formula is C47H31N3Si. The van der Waals surface area contributed by atoms with E-state index in [-0.39, 0.29) is 0 Å². The Morgan fingerprint density at radius 1 is 0.490 bits per heavy atom. The molecule has 11 rings (SSSR count). The van der Waals surface area contributed by atoms with Crippen molar-refractivity contribution in [1.29, 1.82) is 0 Å². The summed E-state index contributed by atoms with van der Waals surface area (Å²) in [5, 5.41) is 7.89. The summed E-state index contributed by atoms with van der Waals surface area (Å²) in [7, 11) is -2.55. The van der Waals surface area contributed by atoms with E-state index in [0.29, 0.717) is 0 Å². The van der Waals surface area contributed by atoms with Crippen LogP contribution >= 0.6 is 0 Å². The Balaban J connectivity index is 1.09. The summed E-state index contributed by atoms with van der Waals surface area (Å²) < 4.78 is 2.36. The molecule has 0 saturated carbocycles. The molecule has 1 aliphatic carbocycles. The minimum Gasteiger partial charge on any atom is -0.293 e. The number of aromatic nitrogens is 3. The van der Waals surface area contributed by atoms with Crippen molar-refractivity contribution in [1.82, 2.24) is 14.5 Å². The van der Waals surface area contributed by atoms with E-state index in [4.69, 9.17) is 9.97 Å². The van der Waals surface area contributed by atoms with Gasteiger partial charge in [-0.25, -0.2) is 9.97 Å². The molecule has 0 saturated heterocycles. The lowest BCUT2D eigenvalue weighted by atomic mass is 10.0. The van der Waals surface area contributed by atoms with Gasteiger partial charge in [0.05, 0.1) is 11.2 Å². The van der Waals surface area contributed by atoms with Gasteiger partial charge in [-0.05, 0) is 66.3 Å². The largest absolute Gasteiger partial charge is 0.293 e. The van der Waals surface area contributed by atoms with Crippen LogP contribution in [0.25, 0.3) is 61.3 Å². The SMILES string of the molecule is c1ccc([Si]2(c3ccc(-c4ncc5c6ccccc6n(-c6cccc7c6Cc6ccccc6-7)c5n4)cc3)c3ccccc3-c3ccccc32)cc1. The van der Waals surface area contributed by atoms with Crippen LogP contribution in [0.15, 0.2) is 176 Å². The fourth-order valence-electron chi connectivity index (χ4n) is 9.06. The van der Waals surface area contributed by atoms with Crippen LogP contribution in [-0.2, 0) is 6.42 Å². The van der Waals surface area contributed by atoms with Crippen molar-refractivity contribution in [3.05, 3.63) is 187 Å². The molecule has 9 aromatic rings. The highest BCUT2D eigenvalue weighted by Crippen LogP contribution is 2.42. The van der Waals surface area contributed by atoms with E-state index in [9.17, 15) is 0 Å². The Hall–Kier alpha value is -6.36. The fraction of sp³-hybridized carbons (Fsp3) is 0.0213. The molecule has 3 nitrogen and oxygen atoms in total. The topological polar surface area (TPSA) is 30.7 Å². The minimum atomic E-state index is -2.55. The average Bonchev–Trinajstić information content (AvgIpc) is 3.85. The van der Waals surface area contributed by atoms with Gasteiger partial charge in [0, 0.05) is 29.0 Å². The van der Waals surface area contributed by atoms with Crippen molar-refractivity contribution in [2.24, 2.45) is 0 Å². The van der Waals surface area contributed by atoms with Gasteiger partial charge in [-0.1, -0.05) is 158 Å². The van der Waals surface area contributed by atoms with E-state index in [1.54, 1.807) is 0 Å². The second kappa shape index (κ2) is 10.8. The summed E-state index contributed by atoms with van der Waals surface area (Å²) in [6.45, 7) is 0. The van der Waals surface area contributed by atoms with E-state index in [1.165, 1.54) is 59.8 Å². The number of nitrogens with zero attached hydrogens (tertiary/aromatic N) is 3. The number of rotatable bonds is 4. The zero-order valence-corrected chi connectivity index (χ0v) is 28.8. The Bertz CT molecular complexity index is 2790. The number of fused-ring (bicyclic) bond motifs is 9. The van der Waals surface area contributed by atoms with Gasteiger partial charge in [-0.15, -0.1) is 0 Å². The van der Waals surface area contributed by atoms with Crippen molar-refractivity contribution >= 4 is 50.8 Å². The Morgan fingerprint density at radius 3 is 1.90 bits per heavy atom. The molecule has 51 heavy (non-hydrogen) atoms. The van der Waals surface area contributed by atoms with Crippen LogP contribution in [0.3, 0.4) is 0 Å². The second-order valence-corrected chi connectivity index (χ2v) is 17.4. The predicted octanol–water partition coefficient (Wildman–Crippen LogP) is 8.17. The molecule has 0 spiro atoms. The van der Waals surface area contributed by atoms with Gasteiger partial charge in [0.2, 0.25) is 0 Å². The standard InChI is InChI=1S/C47H31N3Si/c1-2-14-33(15-3-1)51(44-23-10-7-18-38(44)39-19-8-11-24-45(39)51)34-27-25-31(26-28-34)46-48-30-41-37-17-6-9-21-42(37)50(47(41)49-46)43-22-12-20-36-35-16-5-4-13-32(35)29-40(36)43/h1-28,30H,29H2. The lowest BCUT2D eigenvalue weighted by Crippen LogP contribution is -2.72. The van der Waals surface area contributed by atoms with Crippen molar-refractivity contribution in [3.8, 4) is 39.3 Å². The average molecular weight is 666 g/mol. The lowest BCUT2D eigenvalue weighted by molar-refractivity contribution is 1.08. The maximum absolute atomic E-state index is 5.37. The highest BCUT2D eigenvalue weighted by Gasteiger charge is 2.48. The zero-order valence-electron chi connectivity index (χ0n) is 27.8. The molecule has 3 heterocycles. The van der Waals surface area contributed by atoms with Gasteiger partial charge in [0.1, 0.15) is 5.65 Å². The Morgan fingerprint density at radius 2 is 1.12 bits per heavy atom. The van der Waals surface area contributed by atoms with E-state index < -0.39 is 8.07 Å². The highest BCUT2D eigenvalue weighted by molar-refractivity contribution is 7.22. The van der Waals surface area contributed by atoms with E-state index in [2.05, 4.69) is 174 Å². The Labute approximate surface area is 297 Å². The first-order valence-electron chi connectivity index (χ1n) is 17.6. The molecule has 238 valence electrons. The molecule has 0 atom stereocenters. The van der Waals surface area contributed by atoms with E-state index in [1.807, 2.05) is 6.20 Å². The van der Waals surface area contributed by atoms with Crippen LogP contribution in [0.1, 0.15) is 11.1 Å². The summed E-state index contributed by atoms with van der Waals surface area (Å²) in [5.41, 5.74) is 12.3. The van der Waals surface area contributed by atoms with Gasteiger partial charge < -0.3 is 0 Å². The molecule has 0 N–H and O–H groups in total. The minimum absolute atomic E-state index is 0.733. The maximum Gasteiger partial charge on any atom is 0.180 e. The summed E-state index contributed by atoms with van der Waals surface area (Å²) in [4.78, 5) is 10.4. The molecule has 0 amide bonds. The van der Waals surface area contributed by atoms with Crippen molar-refractivity contribution in [2.75, 3.05) is 0 Å². The fourth-order valence-corrected chi connectivity index (χ4v) is 14.2. The van der Waals surface area contributed by atoms with E-state index >= 15 is 0 Å². The van der Waals surface area contributed by atoms with Crippen molar-refractivity contribution in [3.63, 3.8) is 0 Å². The molecule has 7 aromatic carbocycles. The highest BCUT2D eigenvalue weighted by atomic mass is 28.3. The number of hydrogen-bond donors (Lipinski definition) is 0. The molecule has 0 unspecified atom stereocenters. The molecule has 0 fully saturated rings. The van der Waals surface area contributed by atoms with Crippen LogP contribution in [0.5, 0.6) is 0 Å². The third-order valence-electron chi connectivity index (χ3n) is 11.2. The summed E-state index contributed by atoms with van der Waals surface area (Å²) in [5.74, 6) is 0.733. The smallest absolute Gasteiger partial charge is 0.180 e. The third kappa shape index (κ3) is 3.94. The first-order chi connectivity index (χ1) is 25.3. The van der Waals surface area contributed by atoms with Crippen molar-refractivity contribution < 1.29 is 0 Å². The van der Waals surface area contributed by atoms with Gasteiger partial charge in [0.15, 0.2) is 13.9 Å². The van der Waals surface area contributed by atoms with Crippen LogP contribution in [0.4, 0.5) is 0 Å². The third-order valence-corrected chi connectivity index (χ3v) is 16.1. The van der Waals surface area contributed by atoms with Crippen LogP contribution in [0, 0.1) is 0 Å². The van der Waals surface area contributed by atoms with E-state index in [0.717, 1.165) is 39.7 Å². The van der Waals surface area contributed by atoms with Gasteiger partial charge in [-0.2, -0.15) is 0 Å². The predicted molar refractivity (Wildman–Crippen MR) is 213 cm³/mol. The van der Waals surface area contributed by atoms with Gasteiger partial charge >= 0.3 is 0 Å². The maximum atomic E-state index is 5.37. The molecular weight excluding hydrogens is 635 g/mol. The lowest BCUT2D eigenvalue weighted by Gasteiger charge is -2.31. The molecule has 4 heteroatoms. The molecule has 1 aliphatic heterocycles. The zero-order chi connectivity index (χ0) is 33.5. The number of para-hydroxylation sites is 1. The van der Waals surface area contributed by atoms with Crippen LogP contribution < -0.4 is 20.7 Å². The second-order valence-electron chi connectivity index (χ2n) is 13.7. The molecule has 2 aliphatic rings. The molecule has 0 bridgehead atoms.